The number of piperazine rings is 1. The van der Waals surface area contributed by atoms with E-state index in [1.165, 1.54) is 0 Å². The number of aromatic nitrogens is 2. The Balaban J connectivity index is 1.62. The minimum Gasteiger partial charge on any atom is -0.342 e. The van der Waals surface area contributed by atoms with Crippen molar-refractivity contribution in [3.8, 4) is 0 Å². The lowest BCUT2D eigenvalue weighted by atomic mass is 10.1. The number of nitrogens with one attached hydrogen (secondary N) is 2. The topological polar surface area (TPSA) is 81.3 Å². The van der Waals surface area contributed by atoms with E-state index in [0.29, 0.717) is 38.3 Å². The van der Waals surface area contributed by atoms with Crippen LogP contribution in [0.15, 0.2) is 18.2 Å². The Kier molecular flexibility index (Phi) is 4.69. The summed E-state index contributed by atoms with van der Waals surface area (Å²) >= 11 is 0. The maximum atomic E-state index is 12.7. The van der Waals surface area contributed by atoms with Gasteiger partial charge in [-0.2, -0.15) is 0 Å². The number of hydrogen-bond acceptors (Lipinski definition) is 3. The molecule has 2 aromatic rings. The summed E-state index contributed by atoms with van der Waals surface area (Å²) in [6, 6.07) is 5.47. The summed E-state index contributed by atoms with van der Waals surface area (Å²) in [6.07, 6.45) is 0.916. The van der Waals surface area contributed by atoms with Gasteiger partial charge in [0, 0.05) is 38.3 Å². The zero-order valence-electron chi connectivity index (χ0n) is 14.1. The van der Waals surface area contributed by atoms with Gasteiger partial charge in [-0.25, -0.2) is 9.78 Å². The normalized spacial score (nSPS) is 14.9. The summed E-state index contributed by atoms with van der Waals surface area (Å²) in [5, 5.41) is 2.87. The smallest absolute Gasteiger partial charge is 0.317 e. The molecule has 0 atom stereocenters. The van der Waals surface area contributed by atoms with Crippen molar-refractivity contribution in [3.05, 3.63) is 29.6 Å². The number of urea groups is 1. The van der Waals surface area contributed by atoms with E-state index in [1.807, 2.05) is 32.0 Å². The molecule has 0 spiro atoms. The molecular weight excluding hydrogens is 306 g/mol. The highest BCUT2D eigenvalue weighted by atomic mass is 16.2. The first kappa shape index (κ1) is 16.3. The summed E-state index contributed by atoms with van der Waals surface area (Å²) in [7, 11) is 0. The molecule has 128 valence electrons. The van der Waals surface area contributed by atoms with Crippen LogP contribution in [0.4, 0.5) is 4.79 Å². The molecule has 1 aromatic carbocycles. The number of H-pyrrole nitrogens is 1. The molecule has 0 bridgehead atoms. The number of imidazole rings is 1. The van der Waals surface area contributed by atoms with Gasteiger partial charge in [0.15, 0.2) is 0 Å². The third-order valence-corrected chi connectivity index (χ3v) is 4.23. The van der Waals surface area contributed by atoms with Crippen molar-refractivity contribution in [2.75, 3.05) is 32.7 Å². The van der Waals surface area contributed by atoms with E-state index in [4.69, 9.17) is 0 Å². The number of fused-ring (bicyclic) bond motifs is 1. The van der Waals surface area contributed by atoms with E-state index in [9.17, 15) is 9.59 Å². The van der Waals surface area contributed by atoms with Crippen LogP contribution in [0.25, 0.3) is 11.0 Å². The number of aryl methyl sites for hydroxylation is 1. The molecule has 7 nitrogen and oxygen atoms in total. The molecule has 1 aliphatic rings. The quantitative estimate of drug-likeness (QED) is 0.900. The SMILES string of the molecule is CCCNC(=O)N1CCN(C(=O)c2ccc3nc(C)[nH]c3c2)CC1. The first-order valence-electron chi connectivity index (χ1n) is 8.37. The van der Waals surface area contributed by atoms with Gasteiger partial charge in [0.05, 0.1) is 11.0 Å². The van der Waals surface area contributed by atoms with Crippen molar-refractivity contribution in [1.82, 2.24) is 25.1 Å². The minimum absolute atomic E-state index is 0.00207. The summed E-state index contributed by atoms with van der Waals surface area (Å²) in [6.45, 7) is 6.83. The van der Waals surface area contributed by atoms with Crippen LogP contribution in [-0.2, 0) is 0 Å². The highest BCUT2D eigenvalue weighted by Crippen LogP contribution is 2.16. The third kappa shape index (κ3) is 3.34. The lowest BCUT2D eigenvalue weighted by Crippen LogP contribution is -2.53. The average Bonchev–Trinajstić information content (AvgIpc) is 2.98. The number of hydrogen-bond donors (Lipinski definition) is 2. The lowest BCUT2D eigenvalue weighted by molar-refractivity contribution is 0.0665. The molecule has 2 N–H and O–H groups in total. The Labute approximate surface area is 141 Å². The predicted octanol–water partition coefficient (Wildman–Crippen LogP) is 1.75. The fraction of sp³-hybridized carbons (Fsp3) is 0.471. The second-order valence-corrected chi connectivity index (χ2v) is 6.07. The van der Waals surface area contributed by atoms with E-state index < -0.39 is 0 Å². The molecule has 0 unspecified atom stereocenters. The summed E-state index contributed by atoms with van der Waals surface area (Å²) in [5.74, 6) is 0.832. The Hall–Kier alpha value is -2.57. The van der Waals surface area contributed by atoms with E-state index in [-0.39, 0.29) is 11.9 Å². The molecule has 1 aromatic heterocycles. The lowest BCUT2D eigenvalue weighted by Gasteiger charge is -2.34. The van der Waals surface area contributed by atoms with Gasteiger partial charge in [-0.15, -0.1) is 0 Å². The van der Waals surface area contributed by atoms with Gasteiger partial charge >= 0.3 is 6.03 Å². The van der Waals surface area contributed by atoms with Gasteiger partial charge in [0.25, 0.3) is 5.91 Å². The summed E-state index contributed by atoms with van der Waals surface area (Å²) in [4.78, 5) is 35.7. The Morgan fingerprint density at radius 1 is 1.21 bits per heavy atom. The number of aromatic amines is 1. The van der Waals surface area contributed by atoms with Crippen molar-refractivity contribution in [2.45, 2.75) is 20.3 Å². The van der Waals surface area contributed by atoms with Crippen molar-refractivity contribution >= 4 is 23.0 Å². The van der Waals surface area contributed by atoms with Crippen molar-refractivity contribution in [3.63, 3.8) is 0 Å². The number of amides is 3. The first-order valence-corrected chi connectivity index (χ1v) is 8.37. The molecule has 0 saturated carbocycles. The highest BCUT2D eigenvalue weighted by molar-refractivity contribution is 5.97. The average molecular weight is 329 g/mol. The Morgan fingerprint density at radius 3 is 2.62 bits per heavy atom. The zero-order chi connectivity index (χ0) is 17.1. The second kappa shape index (κ2) is 6.90. The van der Waals surface area contributed by atoms with E-state index in [1.54, 1.807) is 9.80 Å². The molecular formula is C17H23N5O2. The van der Waals surface area contributed by atoms with Crippen LogP contribution < -0.4 is 5.32 Å². The number of carbonyl (C=O) groups excluding carboxylic acids is 2. The molecule has 2 heterocycles. The van der Waals surface area contributed by atoms with Crippen molar-refractivity contribution in [2.24, 2.45) is 0 Å². The van der Waals surface area contributed by atoms with Crippen LogP contribution in [0.5, 0.6) is 0 Å². The number of rotatable bonds is 3. The minimum atomic E-state index is -0.0432. The molecule has 24 heavy (non-hydrogen) atoms. The van der Waals surface area contributed by atoms with Gasteiger partial charge < -0.3 is 20.1 Å². The number of carbonyl (C=O) groups is 2. The van der Waals surface area contributed by atoms with Crippen LogP contribution >= 0.6 is 0 Å². The molecule has 3 rings (SSSR count). The number of benzene rings is 1. The fourth-order valence-corrected chi connectivity index (χ4v) is 2.91. The standard InChI is InChI=1S/C17H23N5O2/c1-3-6-18-17(24)22-9-7-21(8-10-22)16(23)13-4-5-14-15(11-13)20-12(2)19-14/h4-5,11H,3,6-10H2,1-2H3,(H,18,24)(H,19,20). The van der Waals surface area contributed by atoms with Gasteiger partial charge in [-0.05, 0) is 31.5 Å². The van der Waals surface area contributed by atoms with Gasteiger partial charge in [-0.1, -0.05) is 6.92 Å². The van der Waals surface area contributed by atoms with Crippen LogP contribution in [-0.4, -0.2) is 64.4 Å². The van der Waals surface area contributed by atoms with Crippen LogP contribution in [0.2, 0.25) is 0 Å². The summed E-state index contributed by atoms with van der Waals surface area (Å²) < 4.78 is 0. The third-order valence-electron chi connectivity index (χ3n) is 4.23. The Morgan fingerprint density at radius 2 is 1.92 bits per heavy atom. The monoisotopic (exact) mass is 329 g/mol. The van der Waals surface area contributed by atoms with E-state index in [0.717, 1.165) is 23.3 Å². The first-order chi connectivity index (χ1) is 11.6. The zero-order valence-corrected chi connectivity index (χ0v) is 14.1. The molecule has 3 amide bonds. The predicted molar refractivity (Wildman–Crippen MR) is 92.0 cm³/mol. The molecule has 7 heteroatoms. The molecule has 1 saturated heterocycles. The summed E-state index contributed by atoms with van der Waals surface area (Å²) in [5.41, 5.74) is 2.38. The van der Waals surface area contributed by atoms with Crippen molar-refractivity contribution < 1.29 is 9.59 Å². The maximum absolute atomic E-state index is 12.7. The van der Waals surface area contributed by atoms with Crippen LogP contribution in [0.1, 0.15) is 29.5 Å². The highest BCUT2D eigenvalue weighted by Gasteiger charge is 2.24. The van der Waals surface area contributed by atoms with Gasteiger partial charge in [-0.3, -0.25) is 4.79 Å². The fourth-order valence-electron chi connectivity index (χ4n) is 2.91. The molecule has 1 fully saturated rings. The largest absolute Gasteiger partial charge is 0.342 e. The molecule has 0 radical (unpaired) electrons. The van der Waals surface area contributed by atoms with Gasteiger partial charge in [0.2, 0.25) is 0 Å². The van der Waals surface area contributed by atoms with E-state index in [2.05, 4.69) is 15.3 Å². The Bertz CT molecular complexity index is 747. The van der Waals surface area contributed by atoms with Crippen LogP contribution in [0, 0.1) is 6.92 Å². The molecule has 1 aliphatic heterocycles. The molecule has 0 aliphatic carbocycles. The van der Waals surface area contributed by atoms with Crippen molar-refractivity contribution in [1.29, 1.82) is 0 Å². The van der Waals surface area contributed by atoms with Crippen LogP contribution in [0.3, 0.4) is 0 Å². The van der Waals surface area contributed by atoms with E-state index >= 15 is 0 Å². The van der Waals surface area contributed by atoms with Gasteiger partial charge in [0.1, 0.15) is 5.82 Å². The maximum Gasteiger partial charge on any atom is 0.317 e. The number of nitrogens with zero attached hydrogens (tertiary/aromatic N) is 3. The second-order valence-electron chi connectivity index (χ2n) is 6.07.